The molecular formula is C17H20O3. The molecule has 0 fully saturated rings. The molecule has 106 valence electrons. The summed E-state index contributed by atoms with van der Waals surface area (Å²) in [4.78, 5) is 0. The summed E-state index contributed by atoms with van der Waals surface area (Å²) in [5.41, 5.74) is 0. The van der Waals surface area contributed by atoms with Gasteiger partial charge in [-0.3, -0.25) is 0 Å². The van der Waals surface area contributed by atoms with Crippen molar-refractivity contribution in [1.29, 1.82) is 0 Å². The van der Waals surface area contributed by atoms with E-state index in [1.54, 1.807) is 0 Å². The maximum atomic E-state index is 8.68. The lowest BCUT2D eigenvalue weighted by molar-refractivity contribution is 0.266. The third kappa shape index (κ3) is 4.94. The molecule has 1 N–H and O–H groups in total. The van der Waals surface area contributed by atoms with Gasteiger partial charge in [0.05, 0.1) is 6.61 Å². The number of rotatable bonds is 8. The SMILES string of the molecule is OCCCCCOc1ccc(Oc2ccccc2)cc1. The molecule has 0 aliphatic heterocycles. The average molecular weight is 272 g/mol. The molecule has 2 aromatic carbocycles. The van der Waals surface area contributed by atoms with Gasteiger partial charge in [0.15, 0.2) is 0 Å². The third-order valence-corrected chi connectivity index (χ3v) is 2.87. The number of aliphatic hydroxyl groups is 1. The van der Waals surface area contributed by atoms with E-state index in [0.717, 1.165) is 36.5 Å². The Kier molecular flexibility index (Phi) is 5.93. The fourth-order valence-corrected chi connectivity index (χ4v) is 1.81. The molecule has 0 saturated heterocycles. The molecule has 0 unspecified atom stereocenters. The summed E-state index contributed by atoms with van der Waals surface area (Å²) < 4.78 is 11.3. The molecule has 2 aromatic rings. The lowest BCUT2D eigenvalue weighted by atomic mass is 10.2. The summed E-state index contributed by atoms with van der Waals surface area (Å²) in [7, 11) is 0. The van der Waals surface area contributed by atoms with E-state index in [2.05, 4.69) is 0 Å². The summed E-state index contributed by atoms with van der Waals surface area (Å²) in [5.74, 6) is 2.46. The maximum absolute atomic E-state index is 8.68. The normalized spacial score (nSPS) is 10.2. The van der Waals surface area contributed by atoms with Gasteiger partial charge in [0.2, 0.25) is 0 Å². The zero-order valence-corrected chi connectivity index (χ0v) is 11.5. The molecule has 2 rings (SSSR count). The van der Waals surface area contributed by atoms with Crippen LogP contribution in [-0.2, 0) is 0 Å². The fourth-order valence-electron chi connectivity index (χ4n) is 1.81. The molecular weight excluding hydrogens is 252 g/mol. The Morgan fingerprint density at radius 1 is 0.700 bits per heavy atom. The number of benzene rings is 2. The zero-order valence-electron chi connectivity index (χ0n) is 11.5. The van der Waals surface area contributed by atoms with Crippen LogP contribution in [0.2, 0.25) is 0 Å². The molecule has 0 radical (unpaired) electrons. The van der Waals surface area contributed by atoms with Crippen LogP contribution in [0.4, 0.5) is 0 Å². The molecule has 0 spiro atoms. The highest BCUT2D eigenvalue weighted by Gasteiger charge is 1.98. The first-order valence-electron chi connectivity index (χ1n) is 6.95. The van der Waals surface area contributed by atoms with Crippen molar-refractivity contribution in [2.75, 3.05) is 13.2 Å². The van der Waals surface area contributed by atoms with Crippen molar-refractivity contribution in [3.63, 3.8) is 0 Å². The minimum atomic E-state index is 0.255. The molecule has 0 saturated carbocycles. The van der Waals surface area contributed by atoms with Crippen LogP contribution in [0.25, 0.3) is 0 Å². The summed E-state index contributed by atoms with van der Waals surface area (Å²) in [6.45, 7) is 0.935. The topological polar surface area (TPSA) is 38.7 Å². The maximum Gasteiger partial charge on any atom is 0.127 e. The van der Waals surface area contributed by atoms with E-state index in [-0.39, 0.29) is 6.61 Å². The van der Waals surface area contributed by atoms with Crippen LogP contribution in [-0.4, -0.2) is 18.3 Å². The van der Waals surface area contributed by atoms with Crippen molar-refractivity contribution >= 4 is 0 Å². The summed E-state index contributed by atoms with van der Waals surface area (Å²) in [6.07, 6.45) is 2.79. The van der Waals surface area contributed by atoms with E-state index in [4.69, 9.17) is 14.6 Å². The molecule has 0 aromatic heterocycles. The Balaban J connectivity index is 1.78. The van der Waals surface area contributed by atoms with Crippen LogP contribution in [0.5, 0.6) is 17.2 Å². The van der Waals surface area contributed by atoms with Crippen LogP contribution < -0.4 is 9.47 Å². The van der Waals surface area contributed by atoms with Gasteiger partial charge < -0.3 is 14.6 Å². The molecule has 3 nitrogen and oxygen atoms in total. The molecule has 0 aliphatic rings. The van der Waals surface area contributed by atoms with Gasteiger partial charge in [-0.15, -0.1) is 0 Å². The molecule has 0 amide bonds. The van der Waals surface area contributed by atoms with Gasteiger partial charge in [-0.2, -0.15) is 0 Å². The summed E-state index contributed by atoms with van der Waals surface area (Å²) in [5, 5.41) is 8.68. The van der Waals surface area contributed by atoms with E-state index in [1.165, 1.54) is 0 Å². The van der Waals surface area contributed by atoms with Gasteiger partial charge in [0.25, 0.3) is 0 Å². The lowest BCUT2D eigenvalue weighted by Crippen LogP contribution is -1.97. The van der Waals surface area contributed by atoms with Crippen molar-refractivity contribution in [2.45, 2.75) is 19.3 Å². The van der Waals surface area contributed by atoms with Crippen LogP contribution in [0, 0.1) is 0 Å². The largest absolute Gasteiger partial charge is 0.494 e. The molecule has 3 heteroatoms. The van der Waals surface area contributed by atoms with Gasteiger partial charge in [-0.05, 0) is 55.7 Å². The van der Waals surface area contributed by atoms with E-state index in [0.29, 0.717) is 6.61 Å². The Morgan fingerprint density at radius 3 is 2.05 bits per heavy atom. The molecule has 0 heterocycles. The first-order valence-corrected chi connectivity index (χ1v) is 6.95. The predicted octanol–water partition coefficient (Wildman–Crippen LogP) is 4.02. The zero-order chi connectivity index (χ0) is 14.0. The minimum absolute atomic E-state index is 0.255. The Morgan fingerprint density at radius 2 is 1.35 bits per heavy atom. The van der Waals surface area contributed by atoms with E-state index < -0.39 is 0 Å². The third-order valence-electron chi connectivity index (χ3n) is 2.87. The first kappa shape index (κ1) is 14.4. The van der Waals surface area contributed by atoms with E-state index >= 15 is 0 Å². The highest BCUT2D eigenvalue weighted by atomic mass is 16.5. The van der Waals surface area contributed by atoms with Crippen LogP contribution >= 0.6 is 0 Å². The van der Waals surface area contributed by atoms with Crippen molar-refractivity contribution < 1.29 is 14.6 Å². The van der Waals surface area contributed by atoms with Crippen molar-refractivity contribution in [3.8, 4) is 17.2 Å². The van der Waals surface area contributed by atoms with E-state index in [1.807, 2.05) is 54.6 Å². The number of aliphatic hydroxyl groups excluding tert-OH is 1. The average Bonchev–Trinajstić information content (AvgIpc) is 2.50. The van der Waals surface area contributed by atoms with Crippen molar-refractivity contribution in [1.82, 2.24) is 0 Å². The number of hydrogen-bond acceptors (Lipinski definition) is 3. The fraction of sp³-hybridized carbons (Fsp3) is 0.294. The van der Waals surface area contributed by atoms with Crippen LogP contribution in [0.1, 0.15) is 19.3 Å². The molecule has 20 heavy (non-hydrogen) atoms. The monoisotopic (exact) mass is 272 g/mol. The van der Waals surface area contributed by atoms with Gasteiger partial charge in [-0.1, -0.05) is 18.2 Å². The molecule has 0 bridgehead atoms. The van der Waals surface area contributed by atoms with Crippen LogP contribution in [0.3, 0.4) is 0 Å². The summed E-state index contributed by atoms with van der Waals surface area (Å²) in [6, 6.07) is 17.3. The second-order valence-electron chi connectivity index (χ2n) is 4.52. The second-order valence-corrected chi connectivity index (χ2v) is 4.52. The second kappa shape index (κ2) is 8.23. The highest BCUT2D eigenvalue weighted by molar-refractivity contribution is 5.35. The smallest absolute Gasteiger partial charge is 0.127 e. The Hall–Kier alpha value is -2.00. The number of ether oxygens (including phenoxy) is 2. The highest BCUT2D eigenvalue weighted by Crippen LogP contribution is 2.23. The number of para-hydroxylation sites is 1. The lowest BCUT2D eigenvalue weighted by Gasteiger charge is -2.08. The van der Waals surface area contributed by atoms with Gasteiger partial charge >= 0.3 is 0 Å². The summed E-state index contributed by atoms with van der Waals surface area (Å²) >= 11 is 0. The van der Waals surface area contributed by atoms with Gasteiger partial charge in [-0.25, -0.2) is 0 Å². The standard InChI is InChI=1S/C17H20O3/c18-13-5-2-6-14-19-15-9-11-17(12-10-15)20-16-7-3-1-4-8-16/h1,3-4,7-12,18H,2,5-6,13-14H2. The Bertz CT molecular complexity index is 479. The van der Waals surface area contributed by atoms with E-state index in [9.17, 15) is 0 Å². The minimum Gasteiger partial charge on any atom is -0.494 e. The molecule has 0 atom stereocenters. The molecule has 0 aliphatic carbocycles. The number of unbranched alkanes of at least 4 members (excludes halogenated alkanes) is 2. The van der Waals surface area contributed by atoms with Gasteiger partial charge in [0, 0.05) is 6.61 Å². The van der Waals surface area contributed by atoms with Gasteiger partial charge in [0.1, 0.15) is 17.2 Å². The Labute approximate surface area is 119 Å². The quantitative estimate of drug-likeness (QED) is 0.738. The van der Waals surface area contributed by atoms with Crippen LogP contribution in [0.15, 0.2) is 54.6 Å². The predicted molar refractivity (Wildman–Crippen MR) is 79.4 cm³/mol. The van der Waals surface area contributed by atoms with Crippen molar-refractivity contribution in [3.05, 3.63) is 54.6 Å². The first-order chi connectivity index (χ1) is 9.88. The van der Waals surface area contributed by atoms with Crippen molar-refractivity contribution in [2.24, 2.45) is 0 Å². The number of hydrogen-bond donors (Lipinski definition) is 1.